The molecule has 0 atom stereocenters. The van der Waals surface area contributed by atoms with Crippen LogP contribution in [0, 0.1) is 12.3 Å². The van der Waals surface area contributed by atoms with Gasteiger partial charge in [0.05, 0.1) is 12.4 Å². The largest absolute Gasteiger partial charge is 0.388 e. The second-order valence-electron chi connectivity index (χ2n) is 4.28. The van der Waals surface area contributed by atoms with Crippen LogP contribution in [0.1, 0.15) is 12.2 Å². The molecule has 1 heterocycles. The first kappa shape index (κ1) is 14.7. The quantitative estimate of drug-likeness (QED) is 0.495. The standard InChI is InChI=1S/C12H23N5O/c1-11-15-4-6-17(11)8-7-16(9-10-18-2)5-3-12(13)14/h4,6H,3,5,7-10H2,1-2H3,(H3,13,14). The van der Waals surface area contributed by atoms with Gasteiger partial charge < -0.3 is 15.0 Å². The summed E-state index contributed by atoms with van der Waals surface area (Å²) in [7, 11) is 1.70. The lowest BCUT2D eigenvalue weighted by Crippen LogP contribution is -2.33. The van der Waals surface area contributed by atoms with Gasteiger partial charge in [0.15, 0.2) is 0 Å². The van der Waals surface area contributed by atoms with E-state index in [-0.39, 0.29) is 5.84 Å². The number of ether oxygens (including phenoxy) is 1. The minimum Gasteiger partial charge on any atom is -0.388 e. The highest BCUT2D eigenvalue weighted by Crippen LogP contribution is 1.98. The summed E-state index contributed by atoms with van der Waals surface area (Å²) >= 11 is 0. The van der Waals surface area contributed by atoms with Crippen molar-refractivity contribution in [3.63, 3.8) is 0 Å². The summed E-state index contributed by atoms with van der Waals surface area (Å²) in [5.41, 5.74) is 5.39. The van der Waals surface area contributed by atoms with Crippen molar-refractivity contribution >= 4 is 5.84 Å². The second-order valence-corrected chi connectivity index (χ2v) is 4.28. The predicted molar refractivity (Wildman–Crippen MR) is 71.8 cm³/mol. The van der Waals surface area contributed by atoms with Crippen molar-refractivity contribution in [1.82, 2.24) is 14.5 Å². The molecule has 0 aromatic carbocycles. The Labute approximate surface area is 108 Å². The van der Waals surface area contributed by atoms with Crippen molar-refractivity contribution < 1.29 is 4.74 Å². The highest BCUT2D eigenvalue weighted by molar-refractivity contribution is 5.76. The number of aryl methyl sites for hydroxylation is 1. The monoisotopic (exact) mass is 253 g/mol. The molecule has 102 valence electrons. The van der Waals surface area contributed by atoms with Crippen molar-refractivity contribution in [3.8, 4) is 0 Å². The van der Waals surface area contributed by atoms with Crippen LogP contribution in [-0.4, -0.2) is 53.6 Å². The molecule has 3 N–H and O–H groups in total. The van der Waals surface area contributed by atoms with Crippen molar-refractivity contribution in [2.45, 2.75) is 19.9 Å². The number of nitrogens with zero attached hydrogens (tertiary/aromatic N) is 3. The van der Waals surface area contributed by atoms with Crippen molar-refractivity contribution in [2.75, 3.05) is 33.4 Å². The van der Waals surface area contributed by atoms with Gasteiger partial charge in [-0.2, -0.15) is 0 Å². The fourth-order valence-electron chi connectivity index (χ4n) is 1.72. The number of rotatable bonds is 9. The lowest BCUT2D eigenvalue weighted by atomic mass is 10.3. The van der Waals surface area contributed by atoms with E-state index in [0.29, 0.717) is 13.0 Å². The lowest BCUT2D eigenvalue weighted by molar-refractivity contribution is 0.146. The highest BCUT2D eigenvalue weighted by atomic mass is 16.5. The molecule has 6 nitrogen and oxygen atoms in total. The minimum absolute atomic E-state index is 0.233. The average Bonchev–Trinajstić information content (AvgIpc) is 2.74. The molecule has 1 aromatic heterocycles. The van der Waals surface area contributed by atoms with Crippen molar-refractivity contribution in [1.29, 1.82) is 5.41 Å². The molecular formula is C12H23N5O. The van der Waals surface area contributed by atoms with Crippen LogP contribution in [0.2, 0.25) is 0 Å². The summed E-state index contributed by atoms with van der Waals surface area (Å²) in [6.07, 6.45) is 4.39. The van der Waals surface area contributed by atoms with E-state index in [1.165, 1.54) is 0 Å². The van der Waals surface area contributed by atoms with Crippen LogP contribution < -0.4 is 5.73 Å². The number of methoxy groups -OCH3 is 1. The van der Waals surface area contributed by atoms with Crippen LogP contribution in [0.4, 0.5) is 0 Å². The Bertz CT molecular complexity index is 363. The van der Waals surface area contributed by atoms with Crippen LogP contribution in [-0.2, 0) is 11.3 Å². The van der Waals surface area contributed by atoms with E-state index in [0.717, 1.165) is 32.0 Å². The average molecular weight is 253 g/mol. The number of nitrogens with two attached hydrogens (primary N) is 1. The predicted octanol–water partition coefficient (Wildman–Crippen LogP) is 0.466. The molecule has 0 radical (unpaired) electrons. The summed E-state index contributed by atoms with van der Waals surface area (Å²) in [6.45, 7) is 6.15. The molecule has 0 aliphatic heterocycles. The maximum absolute atomic E-state index is 7.27. The van der Waals surface area contributed by atoms with E-state index in [1.807, 2.05) is 19.3 Å². The van der Waals surface area contributed by atoms with Gasteiger partial charge in [-0.15, -0.1) is 0 Å². The molecule has 0 aliphatic carbocycles. The van der Waals surface area contributed by atoms with Gasteiger partial charge in [0.25, 0.3) is 0 Å². The van der Waals surface area contributed by atoms with E-state index < -0.39 is 0 Å². The van der Waals surface area contributed by atoms with Crippen molar-refractivity contribution in [2.24, 2.45) is 5.73 Å². The van der Waals surface area contributed by atoms with Crippen LogP contribution >= 0.6 is 0 Å². The zero-order valence-corrected chi connectivity index (χ0v) is 11.2. The Morgan fingerprint density at radius 3 is 2.83 bits per heavy atom. The van der Waals surface area contributed by atoms with Gasteiger partial charge in [-0.1, -0.05) is 0 Å². The summed E-state index contributed by atoms with van der Waals surface area (Å²) in [5.74, 6) is 1.25. The lowest BCUT2D eigenvalue weighted by Gasteiger charge is -2.22. The summed E-state index contributed by atoms with van der Waals surface area (Å²) in [4.78, 5) is 6.45. The third-order valence-electron chi connectivity index (χ3n) is 2.89. The number of aromatic nitrogens is 2. The van der Waals surface area contributed by atoms with Gasteiger partial charge >= 0.3 is 0 Å². The molecule has 0 aliphatic rings. The molecule has 6 heteroatoms. The third kappa shape index (κ3) is 5.29. The van der Waals surface area contributed by atoms with Gasteiger partial charge in [-0.05, 0) is 6.92 Å². The molecular weight excluding hydrogens is 230 g/mol. The topological polar surface area (TPSA) is 80.2 Å². The molecule has 0 spiro atoms. The number of nitrogens with one attached hydrogen (secondary N) is 1. The first-order chi connectivity index (χ1) is 8.63. The Balaban J connectivity index is 2.39. The van der Waals surface area contributed by atoms with E-state index in [9.17, 15) is 0 Å². The molecule has 1 rings (SSSR count). The number of imidazole rings is 1. The van der Waals surface area contributed by atoms with E-state index in [4.69, 9.17) is 15.9 Å². The summed E-state index contributed by atoms with van der Waals surface area (Å²) < 4.78 is 7.21. The molecule has 0 saturated heterocycles. The fourth-order valence-corrected chi connectivity index (χ4v) is 1.72. The Morgan fingerprint density at radius 2 is 2.28 bits per heavy atom. The smallest absolute Gasteiger partial charge is 0.105 e. The first-order valence-electron chi connectivity index (χ1n) is 6.15. The Kier molecular flexibility index (Phi) is 6.38. The van der Waals surface area contributed by atoms with E-state index in [1.54, 1.807) is 7.11 Å². The molecule has 0 unspecified atom stereocenters. The van der Waals surface area contributed by atoms with Crippen molar-refractivity contribution in [3.05, 3.63) is 18.2 Å². The third-order valence-corrected chi connectivity index (χ3v) is 2.89. The highest BCUT2D eigenvalue weighted by Gasteiger charge is 2.06. The van der Waals surface area contributed by atoms with Crippen LogP contribution in [0.15, 0.2) is 12.4 Å². The van der Waals surface area contributed by atoms with Gasteiger partial charge in [0.1, 0.15) is 5.82 Å². The zero-order chi connectivity index (χ0) is 13.4. The second kappa shape index (κ2) is 7.84. The first-order valence-corrected chi connectivity index (χ1v) is 6.15. The SMILES string of the molecule is COCCN(CCC(=N)N)CCn1ccnc1C. The van der Waals surface area contributed by atoms with Crippen LogP contribution in [0.5, 0.6) is 0 Å². The van der Waals surface area contributed by atoms with Crippen LogP contribution in [0.25, 0.3) is 0 Å². The molecule has 1 aromatic rings. The maximum atomic E-state index is 7.27. The maximum Gasteiger partial charge on any atom is 0.105 e. The van der Waals surface area contributed by atoms with E-state index >= 15 is 0 Å². The van der Waals surface area contributed by atoms with E-state index in [2.05, 4.69) is 14.5 Å². The fraction of sp³-hybridized carbons (Fsp3) is 0.667. The minimum atomic E-state index is 0.233. The number of amidine groups is 1. The van der Waals surface area contributed by atoms with Gasteiger partial charge in [-0.25, -0.2) is 4.98 Å². The normalized spacial score (nSPS) is 11.1. The molecule has 0 amide bonds. The molecule has 0 fully saturated rings. The zero-order valence-electron chi connectivity index (χ0n) is 11.2. The summed E-state index contributed by atoms with van der Waals surface area (Å²) in [5, 5.41) is 7.27. The number of hydrogen-bond donors (Lipinski definition) is 2. The Hall–Kier alpha value is -1.40. The van der Waals surface area contributed by atoms with Crippen LogP contribution in [0.3, 0.4) is 0 Å². The number of hydrogen-bond acceptors (Lipinski definition) is 4. The summed E-state index contributed by atoms with van der Waals surface area (Å²) in [6, 6.07) is 0. The molecule has 0 bridgehead atoms. The molecule has 18 heavy (non-hydrogen) atoms. The van der Waals surface area contributed by atoms with Gasteiger partial charge in [0.2, 0.25) is 0 Å². The van der Waals surface area contributed by atoms with Gasteiger partial charge in [-0.3, -0.25) is 10.3 Å². The Morgan fingerprint density at radius 1 is 1.50 bits per heavy atom. The van der Waals surface area contributed by atoms with Gasteiger partial charge in [0, 0.05) is 52.1 Å². The molecule has 0 saturated carbocycles.